The van der Waals surface area contributed by atoms with Gasteiger partial charge in [0.25, 0.3) is 0 Å². The number of aromatic nitrogens is 2. The largest absolute Gasteiger partial charge is 0.418 e. The number of anilines is 2. The van der Waals surface area contributed by atoms with Crippen LogP contribution in [0.3, 0.4) is 0 Å². The number of halogens is 3. The molecule has 0 unspecified atom stereocenters. The first-order chi connectivity index (χ1) is 15.4. The number of hydrogen-bond acceptors (Lipinski definition) is 3. The maximum atomic E-state index is 13.9. The van der Waals surface area contributed by atoms with Gasteiger partial charge in [-0.05, 0) is 61.9 Å². The zero-order chi connectivity index (χ0) is 22.3. The topological polar surface area (TPSA) is 73.1 Å². The minimum atomic E-state index is -4.46. The van der Waals surface area contributed by atoms with E-state index in [0.717, 1.165) is 43.0 Å². The van der Waals surface area contributed by atoms with Crippen LogP contribution in [0.4, 0.5) is 29.3 Å². The molecule has 5 rings (SSSR count). The molecule has 1 aromatic heterocycles. The van der Waals surface area contributed by atoms with E-state index in [1.807, 2.05) is 11.0 Å². The number of H-pyrrole nitrogens is 1. The van der Waals surface area contributed by atoms with Crippen molar-refractivity contribution in [3.8, 4) is 0 Å². The van der Waals surface area contributed by atoms with Crippen LogP contribution in [-0.4, -0.2) is 28.3 Å². The van der Waals surface area contributed by atoms with E-state index < -0.39 is 17.8 Å². The first kappa shape index (κ1) is 20.7. The second kappa shape index (κ2) is 8.03. The highest BCUT2D eigenvalue weighted by atomic mass is 19.4. The number of urea groups is 1. The van der Waals surface area contributed by atoms with Gasteiger partial charge in [-0.2, -0.15) is 18.3 Å². The summed E-state index contributed by atoms with van der Waals surface area (Å²) in [5.41, 5.74) is 1.39. The van der Waals surface area contributed by atoms with Gasteiger partial charge in [0.05, 0.1) is 23.0 Å². The number of amides is 2. The molecule has 168 valence electrons. The Labute approximate surface area is 183 Å². The Morgan fingerprint density at radius 1 is 1.12 bits per heavy atom. The van der Waals surface area contributed by atoms with Crippen molar-refractivity contribution >= 4 is 28.3 Å². The second-order valence-electron chi connectivity index (χ2n) is 8.52. The summed E-state index contributed by atoms with van der Waals surface area (Å²) >= 11 is 0. The predicted molar refractivity (Wildman–Crippen MR) is 117 cm³/mol. The van der Waals surface area contributed by atoms with Gasteiger partial charge in [-0.3, -0.25) is 5.10 Å². The Hall–Kier alpha value is -3.23. The zero-order valence-electron chi connectivity index (χ0n) is 17.4. The van der Waals surface area contributed by atoms with Crippen molar-refractivity contribution in [2.45, 2.75) is 56.9 Å². The smallest absolute Gasteiger partial charge is 0.365 e. The molecule has 2 saturated heterocycles. The number of nitrogens with one attached hydrogen (secondary N) is 3. The van der Waals surface area contributed by atoms with Crippen molar-refractivity contribution in [3.05, 3.63) is 53.7 Å². The van der Waals surface area contributed by atoms with Crippen molar-refractivity contribution in [1.29, 1.82) is 0 Å². The fourth-order valence-corrected chi connectivity index (χ4v) is 5.08. The van der Waals surface area contributed by atoms with E-state index >= 15 is 0 Å². The second-order valence-corrected chi connectivity index (χ2v) is 8.52. The van der Waals surface area contributed by atoms with E-state index in [1.165, 1.54) is 6.07 Å². The van der Waals surface area contributed by atoms with Gasteiger partial charge in [-0.1, -0.05) is 12.1 Å². The first-order valence-electron chi connectivity index (χ1n) is 10.9. The van der Waals surface area contributed by atoms with Gasteiger partial charge in [0.1, 0.15) is 0 Å². The van der Waals surface area contributed by atoms with Gasteiger partial charge in [-0.25, -0.2) is 4.79 Å². The zero-order valence-corrected chi connectivity index (χ0v) is 17.4. The van der Waals surface area contributed by atoms with Crippen LogP contribution in [-0.2, 0) is 12.7 Å². The van der Waals surface area contributed by atoms with Crippen molar-refractivity contribution < 1.29 is 18.0 Å². The maximum absolute atomic E-state index is 13.9. The van der Waals surface area contributed by atoms with Crippen LogP contribution >= 0.6 is 0 Å². The first-order valence-corrected chi connectivity index (χ1v) is 10.9. The summed E-state index contributed by atoms with van der Waals surface area (Å²) in [6.07, 6.45) is 2.02. The van der Waals surface area contributed by atoms with Gasteiger partial charge in [0.15, 0.2) is 0 Å². The Morgan fingerprint density at radius 3 is 2.66 bits per heavy atom. The van der Waals surface area contributed by atoms with E-state index in [4.69, 9.17) is 0 Å². The molecule has 2 amide bonds. The number of aromatic amines is 1. The third-order valence-corrected chi connectivity index (χ3v) is 6.53. The molecule has 0 aliphatic carbocycles. The predicted octanol–water partition coefficient (Wildman–Crippen LogP) is 5.42. The van der Waals surface area contributed by atoms with Gasteiger partial charge in [0, 0.05) is 29.7 Å². The lowest BCUT2D eigenvalue weighted by Crippen LogP contribution is -2.40. The molecule has 3 aromatic rings. The Kier molecular flexibility index (Phi) is 5.19. The molecule has 3 N–H and O–H groups in total. The highest BCUT2D eigenvalue weighted by Gasteiger charge is 2.42. The molecule has 2 bridgehead atoms. The van der Waals surface area contributed by atoms with Crippen molar-refractivity contribution in [2.24, 2.45) is 0 Å². The Balaban J connectivity index is 1.32. The summed E-state index contributed by atoms with van der Waals surface area (Å²) in [5.74, 6) is 0. The van der Waals surface area contributed by atoms with Crippen LogP contribution < -0.4 is 15.5 Å². The van der Waals surface area contributed by atoms with Crippen LogP contribution in [0.15, 0.2) is 42.6 Å². The van der Waals surface area contributed by atoms with Crippen molar-refractivity contribution in [2.75, 3.05) is 10.2 Å². The number of rotatable bonds is 4. The normalized spacial score (nSPS) is 20.5. The molecule has 6 nitrogen and oxygen atoms in total. The molecular formula is C23H24F3N5O. The van der Waals surface area contributed by atoms with Crippen LogP contribution in [0.2, 0.25) is 0 Å². The highest BCUT2D eigenvalue weighted by molar-refractivity contribution is 6.00. The molecule has 0 spiro atoms. The number of carbonyl (C=O) groups is 1. The van der Waals surface area contributed by atoms with E-state index in [9.17, 15) is 18.0 Å². The summed E-state index contributed by atoms with van der Waals surface area (Å²) in [5, 5.41) is 12.9. The summed E-state index contributed by atoms with van der Waals surface area (Å²) in [6, 6.07) is 9.64. The summed E-state index contributed by atoms with van der Waals surface area (Å²) in [7, 11) is 0. The molecule has 0 saturated carbocycles. The number of alkyl halides is 3. The number of nitrogens with zero attached hydrogens (tertiary/aromatic N) is 2. The van der Waals surface area contributed by atoms with Crippen LogP contribution in [0, 0.1) is 0 Å². The molecule has 2 aliphatic heterocycles. The molecular weight excluding hydrogens is 419 g/mol. The Morgan fingerprint density at radius 2 is 1.91 bits per heavy atom. The standard InChI is InChI=1S/C23H24F3N5O/c24-23(25,26)18-11-14(7-10-21(18)31-15-3-1-4-16(31)9-8-15)12-27-22(32)29-19-5-2-6-20-17(19)13-28-30-20/h2,5-7,10-11,13,15-16H,1,3-4,8-9,12H2,(H,28,30)(H2,27,29,32)/t15-,16+. The average Bonchev–Trinajstić information content (AvgIpc) is 3.34. The van der Waals surface area contributed by atoms with Gasteiger partial charge in [0.2, 0.25) is 0 Å². The number of fused-ring (bicyclic) bond motifs is 3. The van der Waals surface area contributed by atoms with Crippen LogP contribution in [0.5, 0.6) is 0 Å². The molecule has 32 heavy (non-hydrogen) atoms. The molecule has 2 fully saturated rings. The third kappa shape index (κ3) is 3.87. The fourth-order valence-electron chi connectivity index (χ4n) is 5.08. The minimum absolute atomic E-state index is 0.0105. The lowest BCUT2D eigenvalue weighted by Gasteiger charge is -2.38. The van der Waals surface area contributed by atoms with Crippen molar-refractivity contribution in [1.82, 2.24) is 15.5 Å². The molecule has 3 heterocycles. The van der Waals surface area contributed by atoms with Gasteiger partial charge >= 0.3 is 12.2 Å². The maximum Gasteiger partial charge on any atom is 0.418 e. The number of hydrogen-bond donors (Lipinski definition) is 3. The number of piperidine rings is 1. The van der Waals surface area contributed by atoms with E-state index in [0.29, 0.717) is 11.3 Å². The minimum Gasteiger partial charge on any atom is -0.365 e. The molecule has 2 aliphatic rings. The van der Waals surface area contributed by atoms with E-state index in [2.05, 4.69) is 20.8 Å². The van der Waals surface area contributed by atoms with Gasteiger partial charge < -0.3 is 15.5 Å². The Bertz CT molecular complexity index is 1130. The number of benzene rings is 2. The average molecular weight is 443 g/mol. The monoisotopic (exact) mass is 443 g/mol. The van der Waals surface area contributed by atoms with Crippen molar-refractivity contribution in [3.63, 3.8) is 0 Å². The lowest BCUT2D eigenvalue weighted by molar-refractivity contribution is -0.137. The van der Waals surface area contributed by atoms with Crippen LogP contribution in [0.25, 0.3) is 10.9 Å². The molecule has 2 aromatic carbocycles. The molecule has 2 atom stereocenters. The van der Waals surface area contributed by atoms with Gasteiger partial charge in [-0.15, -0.1) is 0 Å². The highest BCUT2D eigenvalue weighted by Crippen LogP contribution is 2.45. The molecule has 0 radical (unpaired) electrons. The van der Waals surface area contributed by atoms with Crippen LogP contribution in [0.1, 0.15) is 43.2 Å². The summed E-state index contributed by atoms with van der Waals surface area (Å²) < 4.78 is 41.8. The SMILES string of the molecule is O=C(NCc1ccc(N2[C@@H]3CCC[C@H]2CC3)c(C(F)(F)F)c1)Nc1cccc2[nH]ncc12. The lowest BCUT2D eigenvalue weighted by atomic mass is 9.99. The number of carbonyl (C=O) groups excluding carboxylic acids is 1. The quantitative estimate of drug-likeness (QED) is 0.504. The van der Waals surface area contributed by atoms with E-state index in [1.54, 1.807) is 30.5 Å². The third-order valence-electron chi connectivity index (χ3n) is 6.53. The molecule has 9 heteroatoms. The summed E-state index contributed by atoms with van der Waals surface area (Å²) in [6.45, 7) is -0.0105. The fraction of sp³-hybridized carbons (Fsp3) is 0.391. The summed E-state index contributed by atoms with van der Waals surface area (Å²) in [4.78, 5) is 14.3. The van der Waals surface area contributed by atoms with E-state index in [-0.39, 0.29) is 24.3 Å².